The lowest BCUT2D eigenvalue weighted by Crippen LogP contribution is -2.43. The molecule has 1 atom stereocenters. The molecular weight excluding hydrogens is 432 g/mol. The lowest BCUT2D eigenvalue weighted by Gasteiger charge is -2.17. The number of benzene rings is 2. The van der Waals surface area contributed by atoms with Crippen LogP contribution in [0.1, 0.15) is 26.5 Å². The van der Waals surface area contributed by atoms with Crippen LogP contribution >= 0.6 is 11.6 Å². The molecule has 32 heavy (non-hydrogen) atoms. The number of rotatable bonds is 8. The summed E-state index contributed by atoms with van der Waals surface area (Å²) in [7, 11) is 0. The zero-order valence-corrected chi connectivity index (χ0v) is 17.6. The van der Waals surface area contributed by atoms with E-state index in [-0.39, 0.29) is 18.0 Å². The zero-order chi connectivity index (χ0) is 22.5. The summed E-state index contributed by atoms with van der Waals surface area (Å²) in [5.41, 5.74) is 2.10. The maximum atomic E-state index is 12.8. The molecule has 0 fully saturated rings. The molecule has 2 N–H and O–H groups in total. The first kappa shape index (κ1) is 21.4. The Morgan fingerprint density at radius 1 is 1.03 bits per heavy atom. The first-order chi connectivity index (χ1) is 15.5. The highest BCUT2D eigenvalue weighted by Crippen LogP contribution is 2.20. The Morgan fingerprint density at radius 3 is 2.56 bits per heavy atom. The molecule has 0 radical (unpaired) electrons. The van der Waals surface area contributed by atoms with Gasteiger partial charge >= 0.3 is 5.97 Å². The highest BCUT2D eigenvalue weighted by molar-refractivity contribution is 6.30. The largest absolute Gasteiger partial charge is 0.459 e. The van der Waals surface area contributed by atoms with Crippen molar-refractivity contribution in [1.29, 1.82) is 0 Å². The number of nitrogens with one attached hydrogen (secondary N) is 2. The van der Waals surface area contributed by atoms with E-state index in [1.54, 1.807) is 36.5 Å². The number of halogens is 1. The average Bonchev–Trinajstić information content (AvgIpc) is 3.48. The van der Waals surface area contributed by atoms with Gasteiger partial charge in [0.25, 0.3) is 5.91 Å². The van der Waals surface area contributed by atoms with Crippen LogP contribution in [-0.2, 0) is 16.0 Å². The summed E-state index contributed by atoms with van der Waals surface area (Å²) in [4.78, 5) is 40.9. The Hall–Kier alpha value is -3.84. The molecule has 0 spiro atoms. The summed E-state index contributed by atoms with van der Waals surface area (Å²) in [6, 6.07) is 15.9. The highest BCUT2D eigenvalue weighted by atomic mass is 35.5. The Labute approximate surface area is 188 Å². The number of hydrogen-bond acceptors (Lipinski definition) is 5. The minimum atomic E-state index is -1.02. The predicted molar refractivity (Wildman–Crippen MR) is 119 cm³/mol. The van der Waals surface area contributed by atoms with Crippen LogP contribution < -0.4 is 5.32 Å². The summed E-state index contributed by atoms with van der Waals surface area (Å²) in [5.74, 6) is -1.59. The lowest BCUT2D eigenvalue weighted by atomic mass is 10.0. The number of esters is 1. The molecule has 8 heteroatoms. The van der Waals surface area contributed by atoms with Crippen molar-refractivity contribution >= 4 is 40.2 Å². The fourth-order valence-electron chi connectivity index (χ4n) is 3.31. The maximum Gasteiger partial charge on any atom is 0.329 e. The van der Waals surface area contributed by atoms with Gasteiger partial charge in [0, 0.05) is 34.1 Å². The molecule has 2 aromatic carbocycles. The third-order valence-electron chi connectivity index (χ3n) is 4.95. The van der Waals surface area contributed by atoms with E-state index in [1.807, 2.05) is 24.3 Å². The molecule has 4 aromatic rings. The second-order valence-corrected chi connectivity index (χ2v) is 7.54. The number of ether oxygens (including phenoxy) is 1. The van der Waals surface area contributed by atoms with Gasteiger partial charge in [0.05, 0.1) is 6.26 Å². The number of fused-ring (bicyclic) bond motifs is 1. The van der Waals surface area contributed by atoms with Gasteiger partial charge in [-0.15, -0.1) is 0 Å². The summed E-state index contributed by atoms with van der Waals surface area (Å²) in [6.07, 6.45) is 3.32. The minimum absolute atomic E-state index is 0.0685. The van der Waals surface area contributed by atoms with Crippen LogP contribution in [0.15, 0.2) is 77.5 Å². The zero-order valence-electron chi connectivity index (χ0n) is 16.8. The van der Waals surface area contributed by atoms with Crippen molar-refractivity contribution in [3.8, 4) is 0 Å². The molecule has 0 saturated carbocycles. The van der Waals surface area contributed by atoms with Gasteiger partial charge in [-0.3, -0.25) is 9.59 Å². The van der Waals surface area contributed by atoms with Crippen LogP contribution in [0.5, 0.6) is 0 Å². The Kier molecular flexibility index (Phi) is 6.37. The van der Waals surface area contributed by atoms with E-state index >= 15 is 0 Å². The number of para-hydroxylation sites is 1. The Balaban J connectivity index is 1.49. The lowest BCUT2D eigenvalue weighted by molar-refractivity contribution is -0.144. The normalized spacial score (nSPS) is 11.8. The van der Waals surface area contributed by atoms with Crippen molar-refractivity contribution in [1.82, 2.24) is 10.3 Å². The number of ketones is 1. The van der Waals surface area contributed by atoms with Crippen molar-refractivity contribution in [3.05, 3.63) is 95.0 Å². The van der Waals surface area contributed by atoms with Gasteiger partial charge in [0.15, 0.2) is 18.2 Å². The van der Waals surface area contributed by atoms with Crippen LogP contribution in [0.25, 0.3) is 10.9 Å². The monoisotopic (exact) mass is 450 g/mol. The van der Waals surface area contributed by atoms with E-state index in [2.05, 4.69) is 10.3 Å². The quantitative estimate of drug-likeness (QED) is 0.310. The number of Topliss-reactive ketones (excluding diaryl/α,β-unsaturated/α-hetero) is 1. The van der Waals surface area contributed by atoms with Gasteiger partial charge in [-0.1, -0.05) is 29.8 Å². The topological polar surface area (TPSA) is 101 Å². The molecule has 162 valence electrons. The fourth-order valence-corrected chi connectivity index (χ4v) is 3.43. The van der Waals surface area contributed by atoms with Crippen molar-refractivity contribution in [3.63, 3.8) is 0 Å². The molecule has 0 aliphatic rings. The number of hydrogen-bond donors (Lipinski definition) is 2. The van der Waals surface area contributed by atoms with E-state index in [0.29, 0.717) is 10.6 Å². The van der Waals surface area contributed by atoms with Crippen LogP contribution in [0.2, 0.25) is 5.02 Å². The molecule has 0 saturated heterocycles. The standard InChI is InChI=1S/C24H19ClN2O5/c25-17-9-7-15(8-10-17)21(28)14-32-24(30)20(27-23(29)22-6-3-11-31-22)12-16-13-26-19-5-2-1-4-18(16)19/h1-11,13,20,26H,12,14H2,(H,27,29)/t20-/m1/s1. The predicted octanol–water partition coefficient (Wildman–Crippen LogP) is 4.18. The molecule has 0 bridgehead atoms. The van der Waals surface area contributed by atoms with E-state index in [4.69, 9.17) is 20.8 Å². The molecule has 0 unspecified atom stereocenters. The van der Waals surface area contributed by atoms with Crippen LogP contribution in [0, 0.1) is 0 Å². The minimum Gasteiger partial charge on any atom is -0.459 e. The number of carbonyl (C=O) groups excluding carboxylic acids is 3. The number of H-pyrrole nitrogens is 1. The second kappa shape index (κ2) is 9.53. The van der Waals surface area contributed by atoms with Crippen LogP contribution in [0.4, 0.5) is 0 Å². The molecule has 2 aromatic heterocycles. The first-order valence-corrected chi connectivity index (χ1v) is 10.2. The summed E-state index contributed by atoms with van der Waals surface area (Å²) in [5, 5.41) is 4.07. The van der Waals surface area contributed by atoms with Gasteiger partial charge in [-0.2, -0.15) is 0 Å². The summed E-state index contributed by atoms with van der Waals surface area (Å²) < 4.78 is 10.4. The maximum absolute atomic E-state index is 12.8. The molecular formula is C24H19ClN2O5. The summed E-state index contributed by atoms with van der Waals surface area (Å²) in [6.45, 7) is -0.457. The molecule has 1 amide bonds. The van der Waals surface area contributed by atoms with E-state index in [1.165, 1.54) is 12.3 Å². The number of amides is 1. The molecule has 2 heterocycles. The molecule has 0 aliphatic heterocycles. The third-order valence-corrected chi connectivity index (χ3v) is 5.20. The van der Waals surface area contributed by atoms with Crippen molar-refractivity contribution in [2.45, 2.75) is 12.5 Å². The van der Waals surface area contributed by atoms with Crippen molar-refractivity contribution in [2.75, 3.05) is 6.61 Å². The first-order valence-electron chi connectivity index (χ1n) is 9.86. The number of furan rings is 1. The molecule has 4 rings (SSSR count). The van der Waals surface area contributed by atoms with Crippen molar-refractivity contribution < 1.29 is 23.5 Å². The smallest absolute Gasteiger partial charge is 0.329 e. The van der Waals surface area contributed by atoms with Crippen LogP contribution in [-0.4, -0.2) is 35.3 Å². The SMILES string of the molecule is O=C(COC(=O)[C@@H](Cc1c[nH]c2ccccc12)NC(=O)c1ccco1)c1ccc(Cl)cc1. The molecule has 0 aliphatic carbocycles. The van der Waals surface area contributed by atoms with E-state index in [0.717, 1.165) is 16.5 Å². The van der Waals surface area contributed by atoms with Gasteiger partial charge in [0.1, 0.15) is 6.04 Å². The van der Waals surface area contributed by atoms with Crippen LogP contribution in [0.3, 0.4) is 0 Å². The third kappa shape index (κ3) is 4.90. The summed E-state index contributed by atoms with van der Waals surface area (Å²) >= 11 is 5.84. The Bertz CT molecular complexity index is 1250. The van der Waals surface area contributed by atoms with Gasteiger partial charge in [-0.25, -0.2) is 4.79 Å². The number of carbonyl (C=O) groups is 3. The fraction of sp³-hybridized carbons (Fsp3) is 0.125. The van der Waals surface area contributed by atoms with Gasteiger partial charge in [0.2, 0.25) is 0 Å². The molecule has 7 nitrogen and oxygen atoms in total. The van der Waals surface area contributed by atoms with E-state index < -0.39 is 24.5 Å². The second-order valence-electron chi connectivity index (χ2n) is 7.10. The van der Waals surface area contributed by atoms with E-state index in [9.17, 15) is 14.4 Å². The van der Waals surface area contributed by atoms with Gasteiger partial charge in [-0.05, 0) is 48.0 Å². The number of aromatic nitrogens is 1. The highest BCUT2D eigenvalue weighted by Gasteiger charge is 2.26. The number of aromatic amines is 1. The van der Waals surface area contributed by atoms with Crippen molar-refractivity contribution in [2.24, 2.45) is 0 Å². The average molecular weight is 451 g/mol. The Morgan fingerprint density at radius 2 is 1.81 bits per heavy atom. The van der Waals surface area contributed by atoms with Gasteiger partial charge < -0.3 is 19.5 Å².